The Hall–Kier alpha value is -3.28. The van der Waals surface area contributed by atoms with Crippen LogP contribution in [0.5, 0.6) is 5.75 Å². The molecule has 0 saturated carbocycles. The number of aryl methyl sites for hydroxylation is 2. The summed E-state index contributed by atoms with van der Waals surface area (Å²) in [5.74, 6) is 0.371. The van der Waals surface area contributed by atoms with Gasteiger partial charge in [0.2, 0.25) is 0 Å². The number of likely N-dealkylation sites (N-methyl/N-ethyl adjacent to an activating group) is 1. The second kappa shape index (κ2) is 7.62. The maximum absolute atomic E-state index is 13.3. The molecule has 29 heavy (non-hydrogen) atoms. The highest BCUT2D eigenvalue weighted by Gasteiger charge is 2.24. The molecule has 6 heteroatoms. The van der Waals surface area contributed by atoms with Gasteiger partial charge in [0.25, 0.3) is 11.8 Å². The summed E-state index contributed by atoms with van der Waals surface area (Å²) in [5.41, 5.74) is 4.02. The van der Waals surface area contributed by atoms with Crippen molar-refractivity contribution in [1.82, 2.24) is 4.57 Å². The van der Waals surface area contributed by atoms with Gasteiger partial charge in [-0.3, -0.25) is 9.59 Å². The van der Waals surface area contributed by atoms with Gasteiger partial charge in [-0.05, 0) is 43.2 Å². The fraction of sp³-hybridized carbons (Fsp3) is 0.304. The molecule has 1 aliphatic heterocycles. The van der Waals surface area contributed by atoms with E-state index in [4.69, 9.17) is 4.74 Å². The number of carbonyl (C=O) groups excluding carboxylic acids is 2. The molecule has 1 aromatic heterocycles. The third-order valence-corrected chi connectivity index (χ3v) is 5.48. The number of hydrogen-bond donors (Lipinski definition) is 1. The first-order valence-electron chi connectivity index (χ1n) is 9.93. The van der Waals surface area contributed by atoms with Gasteiger partial charge >= 0.3 is 0 Å². The summed E-state index contributed by atoms with van der Waals surface area (Å²) in [5, 5.41) is 4.10. The molecule has 0 bridgehead atoms. The number of fused-ring (bicyclic) bond motifs is 2. The normalized spacial score (nSPS) is 13.3. The molecular formula is C23H25N3O3. The van der Waals surface area contributed by atoms with E-state index in [0.29, 0.717) is 22.8 Å². The third-order valence-electron chi connectivity index (χ3n) is 5.48. The van der Waals surface area contributed by atoms with Crippen LogP contribution < -0.4 is 15.0 Å². The van der Waals surface area contributed by atoms with E-state index in [9.17, 15) is 9.59 Å². The zero-order valence-electron chi connectivity index (χ0n) is 17.0. The molecule has 150 valence electrons. The van der Waals surface area contributed by atoms with E-state index in [2.05, 4.69) is 28.9 Å². The fourth-order valence-electron chi connectivity index (χ4n) is 3.86. The SMILES string of the molecule is CCCCn1c(C(=O)Nc2ccc3c(c2)N(C)C(=O)CO3)c(C)c2ccccc21. The summed E-state index contributed by atoms with van der Waals surface area (Å²) in [6.45, 7) is 4.97. The monoisotopic (exact) mass is 391 g/mol. The van der Waals surface area contributed by atoms with Crippen molar-refractivity contribution in [3.05, 3.63) is 53.7 Å². The lowest BCUT2D eigenvalue weighted by molar-refractivity contribution is -0.120. The Morgan fingerprint density at radius 3 is 2.79 bits per heavy atom. The van der Waals surface area contributed by atoms with Crippen molar-refractivity contribution >= 4 is 34.1 Å². The Bertz CT molecular complexity index is 1100. The van der Waals surface area contributed by atoms with Crippen molar-refractivity contribution in [2.45, 2.75) is 33.2 Å². The second-order valence-electron chi connectivity index (χ2n) is 7.37. The number of nitrogens with one attached hydrogen (secondary N) is 1. The predicted molar refractivity (Wildman–Crippen MR) is 115 cm³/mol. The molecule has 1 aliphatic rings. The van der Waals surface area contributed by atoms with Crippen LogP contribution in [0.4, 0.5) is 11.4 Å². The van der Waals surface area contributed by atoms with E-state index < -0.39 is 0 Å². The number of benzene rings is 2. The van der Waals surface area contributed by atoms with Crippen molar-refractivity contribution in [1.29, 1.82) is 0 Å². The first-order chi connectivity index (χ1) is 14.0. The van der Waals surface area contributed by atoms with Crippen LogP contribution in [0.15, 0.2) is 42.5 Å². The molecular weight excluding hydrogens is 366 g/mol. The number of ether oxygens (including phenoxy) is 1. The average molecular weight is 391 g/mol. The second-order valence-corrected chi connectivity index (χ2v) is 7.37. The highest BCUT2D eigenvalue weighted by atomic mass is 16.5. The topological polar surface area (TPSA) is 63.6 Å². The molecule has 0 saturated heterocycles. The van der Waals surface area contributed by atoms with E-state index in [-0.39, 0.29) is 18.4 Å². The molecule has 6 nitrogen and oxygen atoms in total. The standard InChI is InChI=1S/C23H25N3O3/c1-4-5-12-26-18-9-7-6-8-17(18)15(2)22(26)23(28)24-16-10-11-20-19(13-16)25(3)21(27)14-29-20/h6-11,13H,4-5,12,14H2,1-3H3,(H,24,28). The van der Waals surface area contributed by atoms with Gasteiger partial charge in [0.15, 0.2) is 6.61 Å². The summed E-state index contributed by atoms with van der Waals surface area (Å²) < 4.78 is 7.58. The molecule has 0 unspecified atom stereocenters. The fourth-order valence-corrected chi connectivity index (χ4v) is 3.86. The molecule has 0 radical (unpaired) electrons. The third kappa shape index (κ3) is 3.35. The number of aromatic nitrogens is 1. The molecule has 0 fully saturated rings. The Balaban J connectivity index is 1.70. The van der Waals surface area contributed by atoms with Gasteiger partial charge in [0.05, 0.1) is 5.69 Å². The van der Waals surface area contributed by atoms with Crippen LogP contribution >= 0.6 is 0 Å². The number of rotatable bonds is 5. The van der Waals surface area contributed by atoms with Crippen molar-refractivity contribution < 1.29 is 14.3 Å². The summed E-state index contributed by atoms with van der Waals surface area (Å²) >= 11 is 0. The zero-order valence-corrected chi connectivity index (χ0v) is 17.0. The van der Waals surface area contributed by atoms with Gasteiger partial charge in [-0.1, -0.05) is 31.5 Å². The number of para-hydroxylation sites is 1. The largest absolute Gasteiger partial charge is 0.482 e. The van der Waals surface area contributed by atoms with Crippen LogP contribution in [0.25, 0.3) is 10.9 Å². The first kappa shape index (κ1) is 19.1. The predicted octanol–water partition coefficient (Wildman–Crippen LogP) is 4.36. The number of nitrogens with zero attached hydrogens (tertiary/aromatic N) is 2. The van der Waals surface area contributed by atoms with Crippen LogP contribution in [0.1, 0.15) is 35.8 Å². The van der Waals surface area contributed by atoms with E-state index in [1.165, 1.54) is 0 Å². The van der Waals surface area contributed by atoms with E-state index in [1.807, 2.05) is 19.1 Å². The highest BCUT2D eigenvalue weighted by Crippen LogP contribution is 2.34. The molecule has 2 aromatic carbocycles. The molecule has 0 atom stereocenters. The molecule has 2 amide bonds. The van der Waals surface area contributed by atoms with Crippen molar-refractivity contribution in [2.75, 3.05) is 23.9 Å². The molecule has 0 spiro atoms. The maximum Gasteiger partial charge on any atom is 0.272 e. The van der Waals surface area contributed by atoms with Crippen molar-refractivity contribution in [3.63, 3.8) is 0 Å². The Labute approximate surface area is 170 Å². The lowest BCUT2D eigenvalue weighted by atomic mass is 10.1. The number of amides is 2. The molecule has 3 aromatic rings. The summed E-state index contributed by atoms with van der Waals surface area (Å²) in [7, 11) is 1.71. The number of unbranched alkanes of at least 4 members (excludes halogenated alkanes) is 1. The summed E-state index contributed by atoms with van der Waals surface area (Å²) in [6.07, 6.45) is 2.05. The Kier molecular flexibility index (Phi) is 5.01. The quantitative estimate of drug-likeness (QED) is 0.703. The molecule has 1 N–H and O–H groups in total. The number of carbonyl (C=O) groups is 2. The van der Waals surface area contributed by atoms with Crippen LogP contribution in [0.3, 0.4) is 0 Å². The van der Waals surface area contributed by atoms with Crippen LogP contribution in [0.2, 0.25) is 0 Å². The minimum Gasteiger partial charge on any atom is -0.482 e. The lowest BCUT2D eigenvalue weighted by Gasteiger charge is -2.26. The van der Waals surface area contributed by atoms with Crippen LogP contribution in [0, 0.1) is 6.92 Å². The van der Waals surface area contributed by atoms with Crippen molar-refractivity contribution in [3.8, 4) is 5.75 Å². The highest BCUT2D eigenvalue weighted by molar-refractivity contribution is 6.09. The first-order valence-corrected chi connectivity index (χ1v) is 9.93. The smallest absolute Gasteiger partial charge is 0.272 e. The zero-order chi connectivity index (χ0) is 20.5. The van der Waals surface area contributed by atoms with Crippen LogP contribution in [-0.4, -0.2) is 30.0 Å². The van der Waals surface area contributed by atoms with Gasteiger partial charge in [-0.15, -0.1) is 0 Å². The minimum atomic E-state index is -0.152. The summed E-state index contributed by atoms with van der Waals surface area (Å²) in [6, 6.07) is 13.5. The van der Waals surface area contributed by atoms with E-state index in [0.717, 1.165) is 35.9 Å². The maximum atomic E-state index is 13.3. The van der Waals surface area contributed by atoms with E-state index in [1.54, 1.807) is 30.1 Å². The molecule has 2 heterocycles. The van der Waals surface area contributed by atoms with Gasteiger partial charge in [-0.25, -0.2) is 0 Å². The van der Waals surface area contributed by atoms with Crippen LogP contribution in [-0.2, 0) is 11.3 Å². The van der Waals surface area contributed by atoms with E-state index >= 15 is 0 Å². The van der Waals surface area contributed by atoms with Crippen molar-refractivity contribution in [2.24, 2.45) is 0 Å². The molecule has 0 aliphatic carbocycles. The van der Waals surface area contributed by atoms with Gasteiger partial charge in [0.1, 0.15) is 11.4 Å². The minimum absolute atomic E-state index is 0.0337. The summed E-state index contributed by atoms with van der Waals surface area (Å²) in [4.78, 5) is 26.7. The lowest BCUT2D eigenvalue weighted by Crippen LogP contribution is -2.35. The Morgan fingerprint density at radius 1 is 1.21 bits per heavy atom. The van der Waals surface area contributed by atoms with Gasteiger partial charge < -0.3 is 19.5 Å². The molecule has 4 rings (SSSR count). The van der Waals surface area contributed by atoms with Gasteiger partial charge in [0, 0.05) is 30.2 Å². The average Bonchev–Trinajstić information content (AvgIpc) is 3.01. The van der Waals surface area contributed by atoms with Gasteiger partial charge in [-0.2, -0.15) is 0 Å². The number of anilines is 2. The Morgan fingerprint density at radius 2 is 2.00 bits per heavy atom. The number of hydrogen-bond acceptors (Lipinski definition) is 3.